The number of nitrogens with zero attached hydrogens (tertiary/aromatic N) is 1. The molecule has 5 heteroatoms. The van der Waals surface area contributed by atoms with Crippen molar-refractivity contribution in [2.45, 2.75) is 46.3 Å². The fraction of sp³-hybridized carbons (Fsp3) is 0.500. The van der Waals surface area contributed by atoms with E-state index >= 15 is 0 Å². The predicted octanol–water partition coefficient (Wildman–Crippen LogP) is 2.62. The topological polar surface area (TPSA) is 55.8 Å². The summed E-state index contributed by atoms with van der Waals surface area (Å²) in [6.45, 7) is 9.27. The number of para-hydroxylation sites is 1. The molecule has 0 bridgehead atoms. The van der Waals surface area contributed by atoms with Crippen molar-refractivity contribution < 1.29 is 19.1 Å². The average Bonchev–Trinajstić information content (AvgIpc) is 2.34. The highest BCUT2D eigenvalue weighted by Crippen LogP contribution is 2.42. The third-order valence-corrected chi connectivity index (χ3v) is 3.34. The van der Waals surface area contributed by atoms with E-state index in [-0.39, 0.29) is 17.9 Å². The molecule has 1 aliphatic heterocycles. The van der Waals surface area contributed by atoms with Crippen LogP contribution in [-0.4, -0.2) is 24.7 Å². The van der Waals surface area contributed by atoms with E-state index in [1.165, 1.54) is 13.8 Å². The number of carbonyl (C=O) groups excluding carboxylic acids is 2. The normalized spacial score (nSPS) is 17.8. The van der Waals surface area contributed by atoms with Crippen LogP contribution in [0.2, 0.25) is 0 Å². The minimum Gasteiger partial charge on any atom is -0.451 e. The quantitative estimate of drug-likeness (QED) is 0.746. The summed E-state index contributed by atoms with van der Waals surface area (Å²) in [6, 6.07) is 5.66. The zero-order chi connectivity index (χ0) is 15.8. The number of fused-ring (bicyclic) bond motifs is 1. The van der Waals surface area contributed by atoms with Crippen LogP contribution in [0.5, 0.6) is 5.75 Å². The first-order chi connectivity index (χ1) is 9.70. The number of esters is 1. The molecule has 0 saturated heterocycles. The number of ether oxygens (including phenoxy) is 2. The average molecular weight is 291 g/mol. The summed E-state index contributed by atoms with van der Waals surface area (Å²) in [5.41, 5.74) is 1.66. The summed E-state index contributed by atoms with van der Waals surface area (Å²) >= 11 is 0. The van der Waals surface area contributed by atoms with E-state index in [2.05, 4.69) is 20.8 Å². The van der Waals surface area contributed by atoms with Crippen LogP contribution in [0.25, 0.3) is 0 Å². The first kappa shape index (κ1) is 15.4. The number of hydrogen-bond acceptors (Lipinski definition) is 4. The van der Waals surface area contributed by atoms with Crippen molar-refractivity contribution in [1.29, 1.82) is 0 Å². The van der Waals surface area contributed by atoms with Crippen molar-refractivity contribution >= 4 is 17.6 Å². The number of rotatable bonds is 1. The van der Waals surface area contributed by atoms with Crippen molar-refractivity contribution in [2.75, 3.05) is 11.4 Å². The monoisotopic (exact) mass is 291 g/mol. The number of benzene rings is 1. The van der Waals surface area contributed by atoms with Crippen molar-refractivity contribution in [3.8, 4) is 5.75 Å². The van der Waals surface area contributed by atoms with Crippen molar-refractivity contribution in [1.82, 2.24) is 0 Å². The number of carbonyl (C=O) groups is 2. The van der Waals surface area contributed by atoms with Gasteiger partial charge in [0, 0.05) is 13.8 Å². The molecule has 1 heterocycles. The number of hydrogen-bond donors (Lipinski definition) is 0. The molecule has 1 amide bonds. The molecule has 5 nitrogen and oxygen atoms in total. The maximum Gasteiger partial charge on any atom is 0.305 e. The Morgan fingerprint density at radius 2 is 1.95 bits per heavy atom. The Balaban J connectivity index is 2.50. The molecule has 2 rings (SSSR count). The standard InChI is InChI=1S/C16H21NO4/c1-10(18)17-9-14(20-11(2)19)21-13-8-6-7-12(15(13)17)16(3,4)5/h6-8,14H,9H2,1-5H3. The fourth-order valence-electron chi connectivity index (χ4n) is 2.45. The Bertz CT molecular complexity index is 574. The van der Waals surface area contributed by atoms with Crippen LogP contribution in [0.4, 0.5) is 5.69 Å². The van der Waals surface area contributed by atoms with Crippen LogP contribution in [0, 0.1) is 0 Å². The fourth-order valence-corrected chi connectivity index (χ4v) is 2.45. The summed E-state index contributed by atoms with van der Waals surface area (Å²) in [5, 5.41) is 0. The molecule has 0 N–H and O–H groups in total. The molecule has 1 aromatic carbocycles. The second-order valence-corrected chi connectivity index (χ2v) is 6.19. The van der Waals surface area contributed by atoms with Crippen molar-refractivity contribution in [3.63, 3.8) is 0 Å². The lowest BCUT2D eigenvalue weighted by molar-refractivity contribution is -0.161. The highest BCUT2D eigenvalue weighted by Gasteiger charge is 2.34. The van der Waals surface area contributed by atoms with Crippen LogP contribution in [0.15, 0.2) is 18.2 Å². The number of anilines is 1. The van der Waals surface area contributed by atoms with Gasteiger partial charge in [-0.25, -0.2) is 0 Å². The van der Waals surface area contributed by atoms with Gasteiger partial charge in [0.2, 0.25) is 5.91 Å². The maximum absolute atomic E-state index is 12.0. The molecule has 21 heavy (non-hydrogen) atoms. The molecule has 0 aliphatic carbocycles. The van der Waals surface area contributed by atoms with Gasteiger partial charge in [-0.2, -0.15) is 0 Å². The molecule has 0 fully saturated rings. The molecule has 114 valence electrons. The minimum absolute atomic E-state index is 0.103. The zero-order valence-corrected chi connectivity index (χ0v) is 13.1. The van der Waals surface area contributed by atoms with Gasteiger partial charge >= 0.3 is 5.97 Å². The van der Waals surface area contributed by atoms with E-state index in [1.54, 1.807) is 11.0 Å². The molecule has 0 aromatic heterocycles. The van der Waals surface area contributed by atoms with Crippen LogP contribution in [-0.2, 0) is 19.7 Å². The molecule has 0 spiro atoms. The Morgan fingerprint density at radius 3 is 2.48 bits per heavy atom. The van der Waals surface area contributed by atoms with Gasteiger partial charge in [-0.15, -0.1) is 0 Å². The number of amides is 1. The second kappa shape index (κ2) is 5.39. The van der Waals surface area contributed by atoms with E-state index in [0.29, 0.717) is 5.75 Å². The van der Waals surface area contributed by atoms with E-state index in [9.17, 15) is 9.59 Å². The van der Waals surface area contributed by atoms with Gasteiger partial charge in [-0.05, 0) is 17.0 Å². The van der Waals surface area contributed by atoms with Gasteiger partial charge in [0.05, 0.1) is 5.69 Å². The third-order valence-electron chi connectivity index (χ3n) is 3.34. The van der Waals surface area contributed by atoms with E-state index in [1.807, 2.05) is 12.1 Å². The van der Waals surface area contributed by atoms with Gasteiger partial charge in [0.1, 0.15) is 12.3 Å². The van der Waals surface area contributed by atoms with E-state index in [4.69, 9.17) is 9.47 Å². The summed E-state index contributed by atoms with van der Waals surface area (Å²) in [6.07, 6.45) is -0.769. The van der Waals surface area contributed by atoms with Gasteiger partial charge in [0.25, 0.3) is 6.29 Å². The lowest BCUT2D eigenvalue weighted by Crippen LogP contribution is -2.45. The van der Waals surface area contributed by atoms with Crippen LogP contribution >= 0.6 is 0 Å². The molecule has 1 aromatic rings. The first-order valence-electron chi connectivity index (χ1n) is 6.95. The van der Waals surface area contributed by atoms with E-state index < -0.39 is 12.3 Å². The lowest BCUT2D eigenvalue weighted by atomic mass is 9.85. The lowest BCUT2D eigenvalue weighted by Gasteiger charge is -2.37. The van der Waals surface area contributed by atoms with E-state index in [0.717, 1.165) is 11.3 Å². The zero-order valence-electron chi connectivity index (χ0n) is 13.1. The Morgan fingerprint density at radius 1 is 1.29 bits per heavy atom. The Labute approximate surface area is 124 Å². The van der Waals surface area contributed by atoms with Gasteiger partial charge in [0.15, 0.2) is 0 Å². The van der Waals surface area contributed by atoms with Crippen LogP contribution in [0.3, 0.4) is 0 Å². The Kier molecular flexibility index (Phi) is 3.94. The summed E-state index contributed by atoms with van der Waals surface area (Å²) in [4.78, 5) is 24.7. The second-order valence-electron chi connectivity index (χ2n) is 6.19. The van der Waals surface area contributed by atoms with Gasteiger partial charge in [-0.3, -0.25) is 9.59 Å². The van der Waals surface area contributed by atoms with Crippen LogP contribution < -0.4 is 9.64 Å². The molecule has 1 aliphatic rings. The Hall–Kier alpha value is -2.04. The third kappa shape index (κ3) is 3.17. The highest BCUT2D eigenvalue weighted by molar-refractivity contribution is 5.95. The van der Waals surface area contributed by atoms with Crippen molar-refractivity contribution in [3.05, 3.63) is 23.8 Å². The summed E-state index contributed by atoms with van der Waals surface area (Å²) in [5.74, 6) is 0.0301. The smallest absolute Gasteiger partial charge is 0.305 e. The summed E-state index contributed by atoms with van der Waals surface area (Å²) < 4.78 is 10.8. The SMILES string of the molecule is CC(=O)OC1CN(C(C)=O)c2c(cccc2C(C)(C)C)O1. The summed E-state index contributed by atoms with van der Waals surface area (Å²) in [7, 11) is 0. The maximum atomic E-state index is 12.0. The largest absolute Gasteiger partial charge is 0.451 e. The highest BCUT2D eigenvalue weighted by atomic mass is 16.7. The first-order valence-corrected chi connectivity index (χ1v) is 6.95. The molecule has 0 saturated carbocycles. The van der Waals surface area contributed by atoms with Gasteiger partial charge in [-0.1, -0.05) is 32.9 Å². The molecule has 0 radical (unpaired) electrons. The predicted molar refractivity (Wildman–Crippen MR) is 79.4 cm³/mol. The van der Waals surface area contributed by atoms with Crippen LogP contribution in [0.1, 0.15) is 40.2 Å². The molecule has 1 unspecified atom stereocenters. The molecular formula is C16H21NO4. The van der Waals surface area contributed by atoms with Crippen molar-refractivity contribution in [2.24, 2.45) is 0 Å². The minimum atomic E-state index is -0.769. The van der Waals surface area contributed by atoms with Gasteiger partial charge < -0.3 is 14.4 Å². The molecular weight excluding hydrogens is 270 g/mol. The molecule has 1 atom stereocenters.